The van der Waals surface area contributed by atoms with E-state index in [1.807, 2.05) is 6.07 Å². The monoisotopic (exact) mass is 239 g/mol. The lowest BCUT2D eigenvalue weighted by molar-refractivity contribution is 0.903. The van der Waals surface area contributed by atoms with Crippen LogP contribution in [0.2, 0.25) is 0 Å². The SMILES string of the molecule is N[C@H](c1cccs1)c1cccc2ccccc12. The van der Waals surface area contributed by atoms with Crippen molar-refractivity contribution < 1.29 is 0 Å². The Morgan fingerprint density at radius 3 is 2.53 bits per heavy atom. The summed E-state index contributed by atoms with van der Waals surface area (Å²) in [6.45, 7) is 0. The fraction of sp³-hybridized carbons (Fsp3) is 0.0667. The molecule has 2 N–H and O–H groups in total. The van der Waals surface area contributed by atoms with Gasteiger partial charge in [-0.05, 0) is 27.8 Å². The fourth-order valence-electron chi connectivity index (χ4n) is 2.14. The van der Waals surface area contributed by atoms with Crippen LogP contribution in [0.25, 0.3) is 10.8 Å². The highest BCUT2D eigenvalue weighted by molar-refractivity contribution is 7.10. The molecular formula is C15H13NS. The van der Waals surface area contributed by atoms with E-state index in [4.69, 9.17) is 5.73 Å². The second-order valence-corrected chi connectivity index (χ2v) is 5.04. The van der Waals surface area contributed by atoms with Crippen molar-refractivity contribution in [3.05, 3.63) is 70.4 Å². The summed E-state index contributed by atoms with van der Waals surface area (Å²) in [6, 6.07) is 18.8. The van der Waals surface area contributed by atoms with Crippen molar-refractivity contribution in [1.29, 1.82) is 0 Å². The molecule has 0 bridgehead atoms. The molecule has 84 valence electrons. The van der Waals surface area contributed by atoms with Crippen LogP contribution in [0.4, 0.5) is 0 Å². The van der Waals surface area contributed by atoms with Gasteiger partial charge in [-0.2, -0.15) is 0 Å². The molecule has 0 radical (unpaired) electrons. The van der Waals surface area contributed by atoms with Crippen molar-refractivity contribution in [1.82, 2.24) is 0 Å². The van der Waals surface area contributed by atoms with Gasteiger partial charge in [0, 0.05) is 4.88 Å². The van der Waals surface area contributed by atoms with Crippen LogP contribution in [-0.2, 0) is 0 Å². The maximum absolute atomic E-state index is 6.34. The molecule has 2 heteroatoms. The van der Waals surface area contributed by atoms with E-state index >= 15 is 0 Å². The summed E-state index contributed by atoms with van der Waals surface area (Å²) in [6.07, 6.45) is 0. The van der Waals surface area contributed by atoms with Crippen molar-refractivity contribution >= 4 is 22.1 Å². The van der Waals surface area contributed by atoms with Gasteiger partial charge in [0.15, 0.2) is 0 Å². The van der Waals surface area contributed by atoms with Crippen LogP contribution in [0.15, 0.2) is 60.0 Å². The van der Waals surface area contributed by atoms with Crippen LogP contribution in [0, 0.1) is 0 Å². The predicted molar refractivity (Wildman–Crippen MR) is 74.3 cm³/mol. The van der Waals surface area contributed by atoms with Crippen LogP contribution in [0.1, 0.15) is 16.5 Å². The summed E-state index contributed by atoms with van der Waals surface area (Å²) in [7, 11) is 0. The largest absolute Gasteiger partial charge is 0.320 e. The number of hydrogen-bond donors (Lipinski definition) is 1. The van der Waals surface area contributed by atoms with Gasteiger partial charge in [0.25, 0.3) is 0 Å². The summed E-state index contributed by atoms with van der Waals surface area (Å²) < 4.78 is 0. The van der Waals surface area contributed by atoms with Crippen molar-refractivity contribution in [2.75, 3.05) is 0 Å². The van der Waals surface area contributed by atoms with Crippen molar-refractivity contribution in [3.63, 3.8) is 0 Å². The Kier molecular flexibility index (Phi) is 2.67. The first kappa shape index (κ1) is 10.5. The standard InChI is InChI=1S/C15H13NS/c16-15(14-9-4-10-17-14)13-8-3-6-11-5-1-2-7-12(11)13/h1-10,15H,16H2/t15-/m0/s1. The molecule has 2 aromatic carbocycles. The molecule has 0 unspecified atom stereocenters. The minimum atomic E-state index is -0.0268. The zero-order valence-electron chi connectivity index (χ0n) is 9.34. The van der Waals surface area contributed by atoms with Gasteiger partial charge in [-0.1, -0.05) is 48.5 Å². The van der Waals surface area contributed by atoms with E-state index in [2.05, 4.69) is 53.9 Å². The van der Waals surface area contributed by atoms with E-state index < -0.39 is 0 Å². The maximum Gasteiger partial charge on any atom is 0.0652 e. The van der Waals surface area contributed by atoms with E-state index in [0.717, 1.165) is 0 Å². The molecular weight excluding hydrogens is 226 g/mol. The number of nitrogens with two attached hydrogens (primary N) is 1. The minimum absolute atomic E-state index is 0.0268. The Morgan fingerprint density at radius 2 is 1.71 bits per heavy atom. The van der Waals surface area contributed by atoms with Gasteiger partial charge in [0.1, 0.15) is 0 Å². The minimum Gasteiger partial charge on any atom is -0.320 e. The summed E-state index contributed by atoms with van der Waals surface area (Å²) in [5.41, 5.74) is 7.54. The number of fused-ring (bicyclic) bond motifs is 1. The molecule has 0 saturated carbocycles. The molecule has 0 spiro atoms. The number of hydrogen-bond acceptors (Lipinski definition) is 2. The Morgan fingerprint density at radius 1 is 0.882 bits per heavy atom. The third-order valence-electron chi connectivity index (χ3n) is 3.01. The van der Waals surface area contributed by atoms with Gasteiger partial charge in [0.05, 0.1) is 6.04 Å². The molecule has 3 rings (SSSR count). The third-order valence-corrected chi connectivity index (χ3v) is 3.96. The fourth-order valence-corrected chi connectivity index (χ4v) is 2.89. The predicted octanol–water partition coefficient (Wildman–Crippen LogP) is 3.95. The lowest BCUT2D eigenvalue weighted by atomic mass is 9.98. The van der Waals surface area contributed by atoms with Crippen LogP contribution >= 0.6 is 11.3 Å². The van der Waals surface area contributed by atoms with E-state index in [1.165, 1.54) is 21.2 Å². The molecule has 1 heterocycles. The van der Waals surface area contributed by atoms with Gasteiger partial charge in [-0.15, -0.1) is 11.3 Å². The first-order chi connectivity index (χ1) is 8.36. The van der Waals surface area contributed by atoms with Gasteiger partial charge in [0.2, 0.25) is 0 Å². The lowest BCUT2D eigenvalue weighted by Crippen LogP contribution is -2.10. The summed E-state index contributed by atoms with van der Waals surface area (Å²) in [4.78, 5) is 1.21. The molecule has 0 aliphatic heterocycles. The second-order valence-electron chi connectivity index (χ2n) is 4.06. The van der Waals surface area contributed by atoms with Crippen LogP contribution in [-0.4, -0.2) is 0 Å². The lowest BCUT2D eigenvalue weighted by Gasteiger charge is -2.13. The number of benzene rings is 2. The van der Waals surface area contributed by atoms with E-state index in [9.17, 15) is 0 Å². The quantitative estimate of drug-likeness (QED) is 0.720. The van der Waals surface area contributed by atoms with Gasteiger partial charge in [-0.3, -0.25) is 0 Å². The van der Waals surface area contributed by atoms with Gasteiger partial charge < -0.3 is 5.73 Å². The average Bonchev–Trinajstić information content (AvgIpc) is 2.91. The Labute approximate surface area is 105 Å². The molecule has 1 atom stereocenters. The van der Waals surface area contributed by atoms with E-state index in [-0.39, 0.29) is 6.04 Å². The van der Waals surface area contributed by atoms with Crippen LogP contribution < -0.4 is 5.73 Å². The molecule has 0 saturated heterocycles. The Bertz CT molecular complexity index is 623. The first-order valence-corrected chi connectivity index (χ1v) is 6.51. The highest BCUT2D eigenvalue weighted by Gasteiger charge is 2.12. The number of thiophene rings is 1. The molecule has 0 aliphatic rings. The molecule has 0 aliphatic carbocycles. The Hall–Kier alpha value is -1.64. The third kappa shape index (κ3) is 1.86. The normalized spacial score (nSPS) is 12.8. The molecule has 1 nitrogen and oxygen atoms in total. The summed E-state index contributed by atoms with van der Waals surface area (Å²) in [5.74, 6) is 0. The second kappa shape index (κ2) is 4.32. The molecule has 17 heavy (non-hydrogen) atoms. The zero-order valence-corrected chi connectivity index (χ0v) is 10.2. The van der Waals surface area contributed by atoms with E-state index in [1.54, 1.807) is 11.3 Å². The smallest absolute Gasteiger partial charge is 0.0652 e. The highest BCUT2D eigenvalue weighted by Crippen LogP contribution is 2.29. The molecule has 0 fully saturated rings. The molecule has 3 aromatic rings. The van der Waals surface area contributed by atoms with Crippen molar-refractivity contribution in [2.24, 2.45) is 5.73 Å². The van der Waals surface area contributed by atoms with Gasteiger partial charge >= 0.3 is 0 Å². The maximum atomic E-state index is 6.34. The van der Waals surface area contributed by atoms with E-state index in [0.29, 0.717) is 0 Å². The van der Waals surface area contributed by atoms with Gasteiger partial charge in [-0.25, -0.2) is 0 Å². The average molecular weight is 239 g/mol. The topological polar surface area (TPSA) is 26.0 Å². The zero-order chi connectivity index (χ0) is 11.7. The van der Waals surface area contributed by atoms with Crippen molar-refractivity contribution in [3.8, 4) is 0 Å². The first-order valence-electron chi connectivity index (χ1n) is 5.63. The Balaban J connectivity index is 2.17. The summed E-state index contributed by atoms with van der Waals surface area (Å²) in [5, 5.41) is 4.56. The summed E-state index contributed by atoms with van der Waals surface area (Å²) >= 11 is 1.71. The van der Waals surface area contributed by atoms with Crippen molar-refractivity contribution in [2.45, 2.75) is 6.04 Å². The number of rotatable bonds is 2. The molecule has 0 amide bonds. The van der Waals surface area contributed by atoms with Crippen LogP contribution in [0.3, 0.4) is 0 Å². The molecule has 1 aromatic heterocycles. The highest BCUT2D eigenvalue weighted by atomic mass is 32.1. The van der Waals surface area contributed by atoms with Crippen LogP contribution in [0.5, 0.6) is 0 Å².